The monoisotopic (exact) mass is 236 g/mol. The van der Waals surface area contributed by atoms with Crippen LogP contribution < -0.4 is 11.5 Å². The van der Waals surface area contributed by atoms with E-state index in [9.17, 15) is 0 Å². The van der Waals surface area contributed by atoms with Crippen LogP contribution in [-0.2, 0) is 13.3 Å². The molecule has 0 saturated carbocycles. The molecule has 5 nitrogen and oxygen atoms in total. The number of nitrogens with two attached hydrogens (primary N) is 2. The van der Waals surface area contributed by atoms with Gasteiger partial charge < -0.3 is 24.7 Å². The molecule has 0 spiro atoms. The molecule has 0 unspecified atom stereocenters. The normalized spacial score (nSPS) is 12.0. The third kappa shape index (κ3) is 6.24. The third-order valence-corrected chi connectivity index (χ3v) is 5.08. The molecule has 15 heavy (non-hydrogen) atoms. The summed E-state index contributed by atoms with van der Waals surface area (Å²) in [6.45, 7) is 1.98. The average Bonchev–Trinajstić information content (AvgIpc) is 2.29. The Morgan fingerprint density at radius 2 is 1.53 bits per heavy atom. The van der Waals surface area contributed by atoms with Gasteiger partial charge in [-0.25, -0.2) is 0 Å². The summed E-state index contributed by atoms with van der Waals surface area (Å²) in [6, 6.07) is 0.777. The first-order chi connectivity index (χ1) is 7.24. The second-order valence-corrected chi connectivity index (χ2v) is 6.30. The summed E-state index contributed by atoms with van der Waals surface area (Å²) < 4.78 is 16.5. The Morgan fingerprint density at radius 3 is 2.00 bits per heavy atom. The quantitative estimate of drug-likeness (QED) is 0.422. The van der Waals surface area contributed by atoms with Crippen molar-refractivity contribution in [3.05, 3.63) is 0 Å². The molecule has 0 atom stereocenters. The third-order valence-electron chi connectivity index (χ3n) is 2.23. The van der Waals surface area contributed by atoms with Crippen LogP contribution in [0.2, 0.25) is 6.04 Å². The molecule has 0 saturated heterocycles. The molecule has 0 aliphatic heterocycles. The molecular weight excluding hydrogens is 212 g/mol. The van der Waals surface area contributed by atoms with Gasteiger partial charge in [0.1, 0.15) is 0 Å². The van der Waals surface area contributed by atoms with Crippen molar-refractivity contribution in [1.29, 1.82) is 0 Å². The minimum absolute atomic E-state index is 0.633. The zero-order valence-electron chi connectivity index (χ0n) is 9.83. The van der Waals surface area contributed by atoms with E-state index in [1.165, 1.54) is 0 Å². The fourth-order valence-corrected chi connectivity index (χ4v) is 3.32. The Balaban J connectivity index is 3.88. The van der Waals surface area contributed by atoms with E-state index in [1.54, 1.807) is 14.2 Å². The van der Waals surface area contributed by atoms with Crippen molar-refractivity contribution in [1.82, 2.24) is 0 Å². The maximum Gasteiger partial charge on any atom is 0.500 e. The number of unbranched alkanes of at least 4 members (excludes halogenated alkanes) is 1. The van der Waals surface area contributed by atoms with Gasteiger partial charge in [-0.3, -0.25) is 0 Å². The average molecular weight is 236 g/mol. The lowest BCUT2D eigenvalue weighted by Gasteiger charge is -2.26. The molecule has 0 aromatic rings. The van der Waals surface area contributed by atoms with Crippen LogP contribution in [0.25, 0.3) is 0 Å². The van der Waals surface area contributed by atoms with Gasteiger partial charge in [0.2, 0.25) is 0 Å². The molecule has 92 valence electrons. The fraction of sp³-hybridized carbons (Fsp3) is 1.00. The molecule has 0 heterocycles. The summed E-state index contributed by atoms with van der Waals surface area (Å²) in [5.74, 6) is 0. The number of rotatable bonds is 10. The maximum atomic E-state index is 5.72. The van der Waals surface area contributed by atoms with E-state index >= 15 is 0 Å². The molecule has 6 heteroatoms. The van der Waals surface area contributed by atoms with E-state index in [2.05, 4.69) is 0 Å². The van der Waals surface area contributed by atoms with Gasteiger partial charge in [0.25, 0.3) is 0 Å². The highest BCUT2D eigenvalue weighted by Gasteiger charge is 2.37. The van der Waals surface area contributed by atoms with Crippen LogP contribution in [0.15, 0.2) is 0 Å². The molecule has 0 amide bonds. The number of hydrogen-bond acceptors (Lipinski definition) is 5. The van der Waals surface area contributed by atoms with Crippen LogP contribution in [0.5, 0.6) is 0 Å². The van der Waals surface area contributed by atoms with Gasteiger partial charge in [-0.15, -0.1) is 0 Å². The van der Waals surface area contributed by atoms with E-state index in [4.69, 9.17) is 24.7 Å². The Bertz CT molecular complexity index is 145. The smallest absolute Gasteiger partial charge is 0.377 e. The standard InChI is InChI=1S/C9H24N2O3Si/c1-12-15(13-2,9-5-7-11)14-8-4-3-6-10/h3-11H2,1-2H3. The first-order valence-corrected chi connectivity index (χ1v) is 7.32. The lowest BCUT2D eigenvalue weighted by Crippen LogP contribution is -2.44. The Hall–Kier alpha value is 0.0169. The summed E-state index contributed by atoms with van der Waals surface area (Å²) in [7, 11) is 0.833. The zero-order chi connectivity index (χ0) is 11.6. The van der Waals surface area contributed by atoms with Gasteiger partial charge in [-0.1, -0.05) is 0 Å². The van der Waals surface area contributed by atoms with Gasteiger partial charge in [0.05, 0.1) is 0 Å². The minimum Gasteiger partial charge on any atom is -0.377 e. The van der Waals surface area contributed by atoms with E-state index in [0.29, 0.717) is 19.7 Å². The fourth-order valence-electron chi connectivity index (χ4n) is 1.27. The van der Waals surface area contributed by atoms with Crippen LogP contribution in [0.3, 0.4) is 0 Å². The van der Waals surface area contributed by atoms with Crippen molar-refractivity contribution in [2.45, 2.75) is 25.3 Å². The predicted molar refractivity (Wildman–Crippen MR) is 62.5 cm³/mol. The lowest BCUT2D eigenvalue weighted by molar-refractivity contribution is 0.0963. The van der Waals surface area contributed by atoms with Gasteiger partial charge in [0.15, 0.2) is 0 Å². The van der Waals surface area contributed by atoms with Crippen molar-refractivity contribution < 1.29 is 13.3 Å². The summed E-state index contributed by atoms with van der Waals surface area (Å²) in [5, 5.41) is 0. The molecule has 0 aliphatic rings. The van der Waals surface area contributed by atoms with E-state index in [0.717, 1.165) is 25.3 Å². The SMILES string of the molecule is CO[Si](CCCN)(OC)OCCCCN. The molecule has 0 aliphatic carbocycles. The maximum absolute atomic E-state index is 5.72. The summed E-state index contributed by atoms with van der Waals surface area (Å²) in [4.78, 5) is 0. The molecule has 0 aromatic carbocycles. The molecule has 4 N–H and O–H groups in total. The Labute approximate surface area is 93.4 Å². The first-order valence-electron chi connectivity index (χ1n) is 5.39. The van der Waals surface area contributed by atoms with E-state index < -0.39 is 8.80 Å². The second kappa shape index (κ2) is 9.26. The van der Waals surface area contributed by atoms with Crippen LogP contribution in [0.4, 0.5) is 0 Å². The molecule has 0 bridgehead atoms. The highest BCUT2D eigenvalue weighted by Crippen LogP contribution is 2.16. The molecule has 0 aromatic heterocycles. The van der Waals surface area contributed by atoms with Crippen LogP contribution >= 0.6 is 0 Å². The predicted octanol–water partition coefficient (Wildman–Crippen LogP) is 0.322. The largest absolute Gasteiger partial charge is 0.500 e. The van der Waals surface area contributed by atoms with Crippen molar-refractivity contribution in [2.24, 2.45) is 11.5 Å². The summed E-state index contributed by atoms with van der Waals surface area (Å²) in [6.07, 6.45) is 2.78. The highest BCUT2D eigenvalue weighted by molar-refractivity contribution is 6.60. The zero-order valence-corrected chi connectivity index (χ0v) is 10.8. The van der Waals surface area contributed by atoms with Gasteiger partial charge in [0, 0.05) is 26.9 Å². The summed E-state index contributed by atoms with van der Waals surface area (Å²) >= 11 is 0. The molecule has 0 radical (unpaired) electrons. The summed E-state index contributed by atoms with van der Waals surface area (Å²) in [5.41, 5.74) is 10.9. The minimum atomic E-state index is -2.44. The topological polar surface area (TPSA) is 79.7 Å². The lowest BCUT2D eigenvalue weighted by atomic mass is 10.3. The molecule has 0 fully saturated rings. The van der Waals surface area contributed by atoms with Crippen LogP contribution in [0, 0.1) is 0 Å². The highest BCUT2D eigenvalue weighted by atomic mass is 28.4. The van der Waals surface area contributed by atoms with Gasteiger partial charge in [-0.05, 0) is 32.4 Å². The molecular formula is C9H24N2O3Si. The Morgan fingerprint density at radius 1 is 0.933 bits per heavy atom. The van der Waals surface area contributed by atoms with Crippen molar-refractivity contribution in [3.63, 3.8) is 0 Å². The van der Waals surface area contributed by atoms with E-state index in [-0.39, 0.29) is 0 Å². The van der Waals surface area contributed by atoms with Gasteiger partial charge in [-0.2, -0.15) is 0 Å². The van der Waals surface area contributed by atoms with Crippen LogP contribution in [-0.4, -0.2) is 42.7 Å². The van der Waals surface area contributed by atoms with Crippen LogP contribution in [0.1, 0.15) is 19.3 Å². The van der Waals surface area contributed by atoms with Crippen molar-refractivity contribution in [2.75, 3.05) is 33.9 Å². The molecule has 0 rings (SSSR count). The second-order valence-electron chi connectivity index (χ2n) is 3.33. The Kier molecular flexibility index (Phi) is 9.27. The number of hydrogen-bond donors (Lipinski definition) is 2. The van der Waals surface area contributed by atoms with E-state index in [1.807, 2.05) is 0 Å². The van der Waals surface area contributed by atoms with Crippen molar-refractivity contribution >= 4 is 8.80 Å². The first kappa shape index (κ1) is 15.0. The van der Waals surface area contributed by atoms with Crippen molar-refractivity contribution in [3.8, 4) is 0 Å². The van der Waals surface area contributed by atoms with Gasteiger partial charge >= 0.3 is 8.80 Å².